The van der Waals surface area contributed by atoms with Crippen LogP contribution in [0, 0.1) is 10.1 Å². The highest BCUT2D eigenvalue weighted by Crippen LogP contribution is 2.22. The molecular formula is C12H18N4O3. The summed E-state index contributed by atoms with van der Waals surface area (Å²) in [7, 11) is 0. The molecule has 1 rings (SSSR count). The third-order valence-corrected chi connectivity index (χ3v) is 2.70. The van der Waals surface area contributed by atoms with Crippen molar-refractivity contribution in [1.82, 2.24) is 5.32 Å². The number of hydrogen-bond acceptors (Lipinski definition) is 5. The summed E-state index contributed by atoms with van der Waals surface area (Å²) >= 11 is 0. The lowest BCUT2D eigenvalue weighted by molar-refractivity contribution is -0.385. The van der Waals surface area contributed by atoms with Crippen molar-refractivity contribution in [3.8, 4) is 0 Å². The summed E-state index contributed by atoms with van der Waals surface area (Å²) in [6.45, 7) is 3.86. The first kappa shape index (κ1) is 14.9. The van der Waals surface area contributed by atoms with Crippen molar-refractivity contribution in [2.75, 3.05) is 5.43 Å². The Kier molecular flexibility index (Phi) is 5.25. The maximum Gasteiger partial charge on any atom is 0.282 e. The number of nitrogens with two attached hydrogens (primary N) is 1. The quantitative estimate of drug-likeness (QED) is 0.413. The van der Waals surface area contributed by atoms with Crippen molar-refractivity contribution in [2.24, 2.45) is 5.84 Å². The van der Waals surface area contributed by atoms with Crippen LogP contribution in [0.3, 0.4) is 0 Å². The van der Waals surface area contributed by atoms with E-state index in [4.69, 9.17) is 5.84 Å². The summed E-state index contributed by atoms with van der Waals surface area (Å²) in [5, 5.41) is 13.6. The Morgan fingerprint density at radius 3 is 2.74 bits per heavy atom. The van der Waals surface area contributed by atoms with Gasteiger partial charge in [-0.1, -0.05) is 13.3 Å². The molecular weight excluding hydrogens is 248 g/mol. The molecule has 0 saturated carbocycles. The molecule has 1 aromatic rings. The number of carbonyl (C=O) groups is 1. The largest absolute Gasteiger partial charge is 0.349 e. The second-order valence-corrected chi connectivity index (χ2v) is 4.30. The van der Waals surface area contributed by atoms with Crippen molar-refractivity contribution in [1.29, 1.82) is 0 Å². The molecule has 0 aromatic heterocycles. The molecule has 0 aliphatic heterocycles. The van der Waals surface area contributed by atoms with Crippen LogP contribution in [0.2, 0.25) is 0 Å². The van der Waals surface area contributed by atoms with E-state index in [-0.39, 0.29) is 17.3 Å². The van der Waals surface area contributed by atoms with Gasteiger partial charge >= 0.3 is 0 Å². The van der Waals surface area contributed by atoms with Gasteiger partial charge in [0, 0.05) is 17.8 Å². The molecule has 1 unspecified atom stereocenters. The summed E-state index contributed by atoms with van der Waals surface area (Å²) in [6, 6.07) is 4.04. The lowest BCUT2D eigenvalue weighted by Gasteiger charge is -2.13. The van der Waals surface area contributed by atoms with Gasteiger partial charge in [-0.2, -0.15) is 0 Å². The molecule has 104 valence electrons. The Balaban J connectivity index is 3.02. The number of hydrazine groups is 1. The number of nitrogens with one attached hydrogen (secondary N) is 2. The van der Waals surface area contributed by atoms with Crippen LogP contribution in [-0.2, 0) is 0 Å². The molecule has 0 aliphatic carbocycles. The Morgan fingerprint density at radius 1 is 1.53 bits per heavy atom. The maximum atomic E-state index is 12.0. The Morgan fingerprint density at radius 2 is 2.21 bits per heavy atom. The first-order valence-corrected chi connectivity index (χ1v) is 6.05. The minimum atomic E-state index is -0.584. The van der Waals surface area contributed by atoms with E-state index in [0.29, 0.717) is 5.69 Å². The van der Waals surface area contributed by atoms with Crippen molar-refractivity contribution in [3.63, 3.8) is 0 Å². The van der Waals surface area contributed by atoms with Crippen LogP contribution in [0.4, 0.5) is 11.4 Å². The summed E-state index contributed by atoms with van der Waals surface area (Å²) < 4.78 is 0. The topological polar surface area (TPSA) is 110 Å². The minimum absolute atomic E-state index is 0.00315. The highest BCUT2D eigenvalue weighted by atomic mass is 16.6. The number of nitro benzene ring substituents is 1. The predicted molar refractivity (Wildman–Crippen MR) is 72.7 cm³/mol. The molecule has 0 aliphatic rings. The smallest absolute Gasteiger partial charge is 0.282 e. The molecule has 1 atom stereocenters. The van der Waals surface area contributed by atoms with E-state index < -0.39 is 10.8 Å². The Bertz CT molecular complexity index is 476. The fraction of sp³-hybridized carbons (Fsp3) is 0.417. The summed E-state index contributed by atoms with van der Waals surface area (Å²) in [5.41, 5.74) is 2.57. The van der Waals surface area contributed by atoms with Crippen LogP contribution in [0.5, 0.6) is 0 Å². The number of nitrogens with zero attached hydrogens (tertiary/aromatic N) is 1. The number of hydrogen-bond donors (Lipinski definition) is 3. The minimum Gasteiger partial charge on any atom is -0.349 e. The Labute approximate surface area is 111 Å². The van der Waals surface area contributed by atoms with E-state index in [1.807, 2.05) is 13.8 Å². The monoisotopic (exact) mass is 266 g/mol. The standard InChI is InChI=1S/C12H18N4O3/c1-3-4-8(2)14-12(17)10-7-9(15-13)5-6-11(10)16(18)19/h5-8,15H,3-4,13H2,1-2H3,(H,14,17). The molecule has 0 saturated heterocycles. The molecule has 19 heavy (non-hydrogen) atoms. The average Bonchev–Trinajstić information content (AvgIpc) is 2.37. The predicted octanol–water partition coefficient (Wildman–Crippen LogP) is 1.80. The highest BCUT2D eigenvalue weighted by molar-refractivity contribution is 5.99. The maximum absolute atomic E-state index is 12.0. The van der Waals surface area contributed by atoms with E-state index in [1.165, 1.54) is 18.2 Å². The molecule has 0 fully saturated rings. The molecule has 0 bridgehead atoms. The van der Waals surface area contributed by atoms with Gasteiger partial charge in [-0.15, -0.1) is 0 Å². The molecule has 7 heteroatoms. The van der Waals surface area contributed by atoms with E-state index in [2.05, 4.69) is 10.7 Å². The van der Waals surface area contributed by atoms with Crippen LogP contribution >= 0.6 is 0 Å². The number of benzene rings is 1. The van der Waals surface area contributed by atoms with Gasteiger partial charge in [-0.3, -0.25) is 20.8 Å². The van der Waals surface area contributed by atoms with Crippen LogP contribution < -0.4 is 16.6 Å². The third kappa shape index (κ3) is 3.92. The summed E-state index contributed by atoms with van der Waals surface area (Å²) in [5.74, 6) is 4.77. The first-order chi connectivity index (χ1) is 8.99. The van der Waals surface area contributed by atoms with E-state index >= 15 is 0 Å². The Hall–Kier alpha value is -2.15. The van der Waals surface area contributed by atoms with Gasteiger partial charge in [0.2, 0.25) is 0 Å². The van der Waals surface area contributed by atoms with Crippen molar-refractivity contribution < 1.29 is 9.72 Å². The second kappa shape index (κ2) is 6.69. The van der Waals surface area contributed by atoms with Crippen molar-refractivity contribution in [3.05, 3.63) is 33.9 Å². The van der Waals surface area contributed by atoms with Crippen LogP contribution in [0.25, 0.3) is 0 Å². The van der Waals surface area contributed by atoms with Gasteiger partial charge in [0.05, 0.1) is 4.92 Å². The van der Waals surface area contributed by atoms with Crippen molar-refractivity contribution >= 4 is 17.3 Å². The summed E-state index contributed by atoms with van der Waals surface area (Å²) in [6.07, 6.45) is 1.74. The molecule has 7 nitrogen and oxygen atoms in total. The first-order valence-electron chi connectivity index (χ1n) is 6.05. The van der Waals surface area contributed by atoms with E-state index in [9.17, 15) is 14.9 Å². The molecule has 1 aromatic carbocycles. The molecule has 0 radical (unpaired) electrons. The van der Waals surface area contributed by atoms with Gasteiger partial charge in [0.25, 0.3) is 11.6 Å². The molecule has 0 heterocycles. The SMILES string of the molecule is CCCC(C)NC(=O)c1cc(NN)ccc1[N+](=O)[O-]. The zero-order valence-electron chi connectivity index (χ0n) is 11.0. The average molecular weight is 266 g/mol. The van der Waals surface area contributed by atoms with Crippen LogP contribution in [0.1, 0.15) is 37.0 Å². The number of rotatable bonds is 6. The van der Waals surface area contributed by atoms with Crippen LogP contribution in [-0.4, -0.2) is 16.9 Å². The number of nitrogen functional groups attached to an aromatic ring is 1. The zero-order chi connectivity index (χ0) is 14.4. The fourth-order valence-corrected chi connectivity index (χ4v) is 1.77. The molecule has 1 amide bonds. The number of carbonyl (C=O) groups excluding carboxylic acids is 1. The van der Waals surface area contributed by atoms with Gasteiger partial charge in [0.1, 0.15) is 5.56 Å². The molecule has 0 spiro atoms. The highest BCUT2D eigenvalue weighted by Gasteiger charge is 2.21. The fourth-order valence-electron chi connectivity index (χ4n) is 1.77. The second-order valence-electron chi connectivity index (χ2n) is 4.30. The van der Waals surface area contributed by atoms with Gasteiger partial charge in [-0.25, -0.2) is 0 Å². The third-order valence-electron chi connectivity index (χ3n) is 2.70. The normalized spacial score (nSPS) is 11.7. The van der Waals surface area contributed by atoms with Gasteiger partial charge < -0.3 is 10.7 Å². The number of anilines is 1. The van der Waals surface area contributed by atoms with Crippen molar-refractivity contribution in [2.45, 2.75) is 32.7 Å². The van der Waals surface area contributed by atoms with Crippen LogP contribution in [0.15, 0.2) is 18.2 Å². The van der Waals surface area contributed by atoms with E-state index in [0.717, 1.165) is 12.8 Å². The lowest BCUT2D eigenvalue weighted by atomic mass is 10.1. The zero-order valence-corrected chi connectivity index (χ0v) is 11.0. The van der Waals surface area contributed by atoms with E-state index in [1.54, 1.807) is 0 Å². The number of amides is 1. The molecule has 4 N–H and O–H groups in total. The van der Waals surface area contributed by atoms with Gasteiger partial charge in [0.15, 0.2) is 0 Å². The summed E-state index contributed by atoms with van der Waals surface area (Å²) in [4.78, 5) is 22.4. The van der Waals surface area contributed by atoms with Gasteiger partial charge in [-0.05, 0) is 25.5 Å². The number of nitro groups is 1. The lowest BCUT2D eigenvalue weighted by Crippen LogP contribution is -2.32.